The van der Waals surface area contributed by atoms with E-state index in [0.717, 1.165) is 29.6 Å². The molecular formula is C16H24ClN3. The Morgan fingerprint density at radius 2 is 2.15 bits per heavy atom. The molecule has 0 spiro atoms. The van der Waals surface area contributed by atoms with E-state index in [1.165, 1.54) is 25.7 Å². The summed E-state index contributed by atoms with van der Waals surface area (Å²) in [6, 6.07) is 5.38. The molecule has 2 fully saturated rings. The lowest BCUT2D eigenvalue weighted by Crippen LogP contribution is -2.34. The van der Waals surface area contributed by atoms with E-state index in [2.05, 4.69) is 30.1 Å². The van der Waals surface area contributed by atoms with E-state index in [9.17, 15) is 0 Å². The van der Waals surface area contributed by atoms with Gasteiger partial charge in [0.1, 0.15) is 5.82 Å². The first-order chi connectivity index (χ1) is 9.65. The minimum Gasteiger partial charge on any atom is -0.353 e. The summed E-state index contributed by atoms with van der Waals surface area (Å²) in [4.78, 5) is 7.28. The summed E-state index contributed by atoms with van der Waals surface area (Å²) in [5.41, 5.74) is 0.991. The van der Waals surface area contributed by atoms with Gasteiger partial charge in [-0.2, -0.15) is 0 Å². The van der Waals surface area contributed by atoms with Gasteiger partial charge in [-0.05, 0) is 43.7 Å². The van der Waals surface area contributed by atoms with Crippen LogP contribution in [0.3, 0.4) is 0 Å². The molecule has 1 aliphatic heterocycles. The molecule has 1 aromatic rings. The zero-order valence-corrected chi connectivity index (χ0v) is 13.2. The van der Waals surface area contributed by atoms with Crippen molar-refractivity contribution in [3.63, 3.8) is 0 Å². The number of aromatic nitrogens is 1. The lowest BCUT2D eigenvalue weighted by molar-refractivity contribution is 0.489. The van der Waals surface area contributed by atoms with Crippen LogP contribution in [0, 0.1) is 5.92 Å². The third-order valence-corrected chi connectivity index (χ3v) is 4.75. The normalized spacial score (nSPS) is 22.8. The van der Waals surface area contributed by atoms with Gasteiger partial charge in [-0.1, -0.05) is 25.4 Å². The third kappa shape index (κ3) is 3.09. The molecular weight excluding hydrogens is 270 g/mol. The quantitative estimate of drug-likeness (QED) is 0.899. The highest BCUT2D eigenvalue weighted by molar-refractivity contribution is 6.31. The van der Waals surface area contributed by atoms with Crippen LogP contribution in [0.4, 0.5) is 5.82 Å². The maximum absolute atomic E-state index is 6.28. The second kappa shape index (κ2) is 5.90. The van der Waals surface area contributed by atoms with Crippen molar-refractivity contribution < 1.29 is 0 Å². The van der Waals surface area contributed by atoms with Gasteiger partial charge in [0.05, 0.1) is 10.7 Å². The van der Waals surface area contributed by atoms with Crippen molar-refractivity contribution in [1.82, 2.24) is 10.3 Å². The van der Waals surface area contributed by atoms with Gasteiger partial charge in [0.25, 0.3) is 0 Å². The van der Waals surface area contributed by atoms with Gasteiger partial charge in [-0.3, -0.25) is 0 Å². The molecule has 1 atom stereocenters. The molecule has 0 bridgehead atoms. The van der Waals surface area contributed by atoms with Crippen molar-refractivity contribution in [3.8, 4) is 0 Å². The van der Waals surface area contributed by atoms with Crippen LogP contribution in [0.15, 0.2) is 12.1 Å². The first-order valence-corrected chi connectivity index (χ1v) is 8.18. The molecule has 0 aromatic carbocycles. The number of halogens is 1. The Kier molecular flexibility index (Phi) is 4.18. The Labute approximate surface area is 126 Å². The van der Waals surface area contributed by atoms with Crippen molar-refractivity contribution in [2.45, 2.75) is 58.2 Å². The van der Waals surface area contributed by atoms with Gasteiger partial charge in [-0.15, -0.1) is 0 Å². The molecule has 1 aliphatic carbocycles. The zero-order chi connectivity index (χ0) is 14.1. The van der Waals surface area contributed by atoms with Crippen LogP contribution in [0.1, 0.15) is 45.2 Å². The Hall–Kier alpha value is -0.800. The first kappa shape index (κ1) is 14.2. The van der Waals surface area contributed by atoms with E-state index in [0.29, 0.717) is 18.0 Å². The minimum atomic E-state index is 0.618. The highest BCUT2D eigenvalue weighted by Gasteiger charge is 2.28. The molecule has 4 heteroatoms. The topological polar surface area (TPSA) is 28.2 Å². The van der Waals surface area contributed by atoms with Gasteiger partial charge in [0.15, 0.2) is 0 Å². The summed E-state index contributed by atoms with van der Waals surface area (Å²) >= 11 is 6.28. The van der Waals surface area contributed by atoms with Crippen LogP contribution in [0.2, 0.25) is 5.02 Å². The van der Waals surface area contributed by atoms with E-state index < -0.39 is 0 Å². The lowest BCUT2D eigenvalue weighted by atomic mass is 10.0. The summed E-state index contributed by atoms with van der Waals surface area (Å²) < 4.78 is 0. The SMILES string of the molecule is CC(C)C1CCCN1c1ccc(Cl)c(CNC2CC2)n1. The average molecular weight is 294 g/mol. The van der Waals surface area contributed by atoms with E-state index in [4.69, 9.17) is 16.6 Å². The van der Waals surface area contributed by atoms with E-state index >= 15 is 0 Å². The van der Waals surface area contributed by atoms with Crippen molar-refractivity contribution in [3.05, 3.63) is 22.8 Å². The number of pyridine rings is 1. The Morgan fingerprint density at radius 3 is 2.85 bits per heavy atom. The predicted octanol–water partition coefficient (Wildman–Crippen LogP) is 3.61. The molecule has 0 amide bonds. The molecule has 1 unspecified atom stereocenters. The summed E-state index contributed by atoms with van der Waals surface area (Å²) in [5.74, 6) is 1.77. The van der Waals surface area contributed by atoms with Crippen molar-refractivity contribution in [2.24, 2.45) is 5.92 Å². The number of hydrogen-bond acceptors (Lipinski definition) is 3. The summed E-state index contributed by atoms with van der Waals surface area (Å²) in [6.45, 7) is 6.51. The Bertz CT molecular complexity index is 471. The molecule has 0 radical (unpaired) electrons. The smallest absolute Gasteiger partial charge is 0.129 e. The molecule has 110 valence electrons. The molecule has 1 aromatic heterocycles. The van der Waals surface area contributed by atoms with E-state index in [-0.39, 0.29) is 0 Å². The number of nitrogens with zero attached hydrogens (tertiary/aromatic N) is 2. The molecule has 2 heterocycles. The summed E-state index contributed by atoms with van der Waals surface area (Å²) in [7, 11) is 0. The van der Waals surface area contributed by atoms with Crippen molar-refractivity contribution in [1.29, 1.82) is 0 Å². The second-order valence-electron chi connectivity index (χ2n) is 6.40. The van der Waals surface area contributed by atoms with E-state index in [1.54, 1.807) is 0 Å². The molecule has 1 saturated carbocycles. The summed E-state index contributed by atoms with van der Waals surface area (Å²) in [5, 5.41) is 4.28. The van der Waals surface area contributed by atoms with Gasteiger partial charge >= 0.3 is 0 Å². The Morgan fingerprint density at radius 1 is 1.35 bits per heavy atom. The number of rotatable bonds is 5. The highest BCUT2D eigenvalue weighted by atomic mass is 35.5. The molecule has 1 saturated heterocycles. The standard InChI is InChI=1S/C16H24ClN3/c1-11(2)15-4-3-9-20(15)16-8-7-13(17)14(19-16)10-18-12-5-6-12/h7-8,11-12,15,18H,3-6,9-10H2,1-2H3. The largest absolute Gasteiger partial charge is 0.353 e. The zero-order valence-electron chi connectivity index (χ0n) is 12.4. The van der Waals surface area contributed by atoms with Crippen LogP contribution in [-0.4, -0.2) is 23.6 Å². The van der Waals surface area contributed by atoms with Gasteiger partial charge < -0.3 is 10.2 Å². The van der Waals surface area contributed by atoms with E-state index in [1.807, 2.05) is 6.07 Å². The van der Waals surface area contributed by atoms with Crippen LogP contribution < -0.4 is 10.2 Å². The first-order valence-electron chi connectivity index (χ1n) is 7.80. The number of anilines is 1. The minimum absolute atomic E-state index is 0.618. The van der Waals surface area contributed by atoms with Gasteiger partial charge in [0, 0.05) is 25.2 Å². The monoisotopic (exact) mass is 293 g/mol. The number of nitrogens with one attached hydrogen (secondary N) is 1. The average Bonchev–Trinajstić information content (AvgIpc) is 3.11. The molecule has 2 aliphatic rings. The molecule has 3 rings (SSSR count). The van der Waals surface area contributed by atoms with Gasteiger partial charge in [0.2, 0.25) is 0 Å². The fraction of sp³-hybridized carbons (Fsp3) is 0.688. The third-order valence-electron chi connectivity index (χ3n) is 4.40. The van der Waals surface area contributed by atoms with Crippen molar-refractivity contribution >= 4 is 17.4 Å². The second-order valence-corrected chi connectivity index (χ2v) is 6.81. The molecule has 20 heavy (non-hydrogen) atoms. The van der Waals surface area contributed by atoms with Crippen LogP contribution in [0.5, 0.6) is 0 Å². The molecule has 1 N–H and O–H groups in total. The Balaban J connectivity index is 1.76. The van der Waals surface area contributed by atoms with Gasteiger partial charge in [-0.25, -0.2) is 4.98 Å². The fourth-order valence-electron chi connectivity index (χ4n) is 3.06. The molecule has 3 nitrogen and oxygen atoms in total. The fourth-order valence-corrected chi connectivity index (χ4v) is 3.23. The number of hydrogen-bond donors (Lipinski definition) is 1. The lowest BCUT2D eigenvalue weighted by Gasteiger charge is -2.29. The highest BCUT2D eigenvalue weighted by Crippen LogP contribution is 2.30. The van der Waals surface area contributed by atoms with Crippen LogP contribution >= 0.6 is 11.6 Å². The van der Waals surface area contributed by atoms with Crippen molar-refractivity contribution in [2.75, 3.05) is 11.4 Å². The maximum atomic E-state index is 6.28. The maximum Gasteiger partial charge on any atom is 0.129 e. The van der Waals surface area contributed by atoms with Crippen LogP contribution in [0.25, 0.3) is 0 Å². The predicted molar refractivity (Wildman–Crippen MR) is 84.3 cm³/mol. The van der Waals surface area contributed by atoms with Crippen LogP contribution in [-0.2, 0) is 6.54 Å². The summed E-state index contributed by atoms with van der Waals surface area (Å²) in [6.07, 6.45) is 5.12.